The van der Waals surface area contributed by atoms with Crippen LogP contribution in [0.1, 0.15) is 374 Å². The van der Waals surface area contributed by atoms with Gasteiger partial charge in [0.1, 0.15) is 13.2 Å². The Bertz CT molecular complexity index is 1500. The second kappa shape index (κ2) is 70.3. The first-order chi connectivity index (χ1) is 40.5. The fourth-order valence-corrected chi connectivity index (χ4v) is 10.6. The normalized spacial score (nSPS) is 12.5. The molecule has 0 aromatic heterocycles. The Morgan fingerprint density at radius 3 is 0.744 bits per heavy atom. The lowest BCUT2D eigenvalue weighted by Gasteiger charge is -2.18. The van der Waals surface area contributed by atoms with Crippen molar-refractivity contribution < 1.29 is 28.6 Å². The molecule has 0 saturated carbocycles. The molecule has 82 heavy (non-hydrogen) atoms. The van der Waals surface area contributed by atoms with Gasteiger partial charge in [0.05, 0.1) is 0 Å². The summed E-state index contributed by atoms with van der Waals surface area (Å²) in [5.74, 6) is -0.865. The molecule has 0 aromatic rings. The summed E-state index contributed by atoms with van der Waals surface area (Å²) in [4.78, 5) is 38.5. The molecule has 6 heteroatoms. The number of allylic oxidation sites excluding steroid dienone is 12. The average molecular weight is 1150 g/mol. The summed E-state index contributed by atoms with van der Waals surface area (Å²) < 4.78 is 17.0. The van der Waals surface area contributed by atoms with Gasteiger partial charge < -0.3 is 14.2 Å². The van der Waals surface area contributed by atoms with Gasteiger partial charge in [-0.15, -0.1) is 0 Å². The number of esters is 3. The molecule has 1 unspecified atom stereocenters. The molecular weight excluding hydrogens is 1010 g/mol. The minimum Gasteiger partial charge on any atom is -0.462 e. The molecule has 0 bridgehead atoms. The summed E-state index contributed by atoms with van der Waals surface area (Å²) in [7, 11) is 0. The van der Waals surface area contributed by atoms with Gasteiger partial charge in [-0.1, -0.05) is 338 Å². The average Bonchev–Trinajstić information content (AvgIpc) is 3.47. The number of carbonyl (C=O) groups excluding carboxylic acids is 3. The summed E-state index contributed by atoms with van der Waals surface area (Å²) >= 11 is 0. The van der Waals surface area contributed by atoms with Crippen molar-refractivity contribution >= 4 is 17.9 Å². The fourth-order valence-electron chi connectivity index (χ4n) is 10.6. The van der Waals surface area contributed by atoms with Gasteiger partial charge >= 0.3 is 17.9 Å². The molecule has 476 valence electrons. The van der Waals surface area contributed by atoms with Crippen LogP contribution in [-0.4, -0.2) is 37.2 Å². The van der Waals surface area contributed by atoms with Crippen LogP contribution in [0.15, 0.2) is 72.9 Å². The number of rotatable bonds is 66. The summed E-state index contributed by atoms with van der Waals surface area (Å²) in [6, 6.07) is 0. The van der Waals surface area contributed by atoms with Gasteiger partial charge in [0, 0.05) is 19.3 Å². The van der Waals surface area contributed by atoms with Crippen molar-refractivity contribution in [3.8, 4) is 0 Å². The van der Waals surface area contributed by atoms with Crippen LogP contribution < -0.4 is 0 Å². The topological polar surface area (TPSA) is 78.9 Å². The first-order valence-corrected chi connectivity index (χ1v) is 35.9. The number of carbonyl (C=O) groups is 3. The van der Waals surface area contributed by atoms with Crippen molar-refractivity contribution in [1.82, 2.24) is 0 Å². The lowest BCUT2D eigenvalue weighted by atomic mass is 10.0. The maximum absolute atomic E-state index is 13.0. The maximum atomic E-state index is 13.0. The summed E-state index contributed by atoms with van der Waals surface area (Å²) in [5.41, 5.74) is 0. The van der Waals surface area contributed by atoms with Crippen molar-refractivity contribution in [3.05, 3.63) is 72.9 Å². The molecule has 6 nitrogen and oxygen atoms in total. The number of ether oxygens (including phenoxy) is 3. The standard InChI is InChI=1S/C76H136O6/c1-4-7-10-13-16-19-22-25-28-31-34-37-40-42-45-48-51-54-57-60-63-66-69-75(78)81-72-73(82-76(79)70-67-64-61-58-55-52-49-46-43-39-36-33-30-27-24-21-18-15-12-9-6-3)71-80-74(77)68-65-62-59-56-53-50-47-44-41-38-35-32-29-26-23-20-17-14-11-8-5-2/h9,12,18,21,23,26-27,30,32,35-36,39,73H,4-8,10-11,13-17,19-20,22,24-25,28-29,31,33-34,37-38,40-72H2,1-3H3/b12-9-,21-18-,26-23-,30-27-,35-32-,39-36-. The third-order valence-electron chi connectivity index (χ3n) is 15.9. The summed E-state index contributed by atoms with van der Waals surface area (Å²) in [5, 5.41) is 0. The smallest absolute Gasteiger partial charge is 0.306 e. The molecule has 1 atom stereocenters. The molecule has 0 aromatic carbocycles. The van der Waals surface area contributed by atoms with Crippen LogP contribution in [0.3, 0.4) is 0 Å². The van der Waals surface area contributed by atoms with Crippen molar-refractivity contribution in [3.63, 3.8) is 0 Å². The lowest BCUT2D eigenvalue weighted by molar-refractivity contribution is -0.167. The Morgan fingerprint density at radius 2 is 0.476 bits per heavy atom. The van der Waals surface area contributed by atoms with Gasteiger partial charge in [-0.25, -0.2) is 0 Å². The van der Waals surface area contributed by atoms with E-state index < -0.39 is 6.10 Å². The molecule has 0 amide bonds. The van der Waals surface area contributed by atoms with Crippen molar-refractivity contribution in [1.29, 1.82) is 0 Å². The van der Waals surface area contributed by atoms with Crippen LogP contribution in [0.25, 0.3) is 0 Å². The highest BCUT2D eigenvalue weighted by molar-refractivity contribution is 5.71. The molecule has 0 spiro atoms. The molecule has 0 N–H and O–H groups in total. The summed E-state index contributed by atoms with van der Waals surface area (Å²) in [6.07, 6.45) is 92.1. The van der Waals surface area contributed by atoms with E-state index in [0.29, 0.717) is 19.3 Å². The summed E-state index contributed by atoms with van der Waals surface area (Å²) in [6.45, 7) is 6.57. The molecule has 0 saturated heterocycles. The zero-order valence-corrected chi connectivity index (χ0v) is 54.8. The zero-order valence-electron chi connectivity index (χ0n) is 54.8. The zero-order chi connectivity index (χ0) is 59.2. The Morgan fingerprint density at radius 1 is 0.256 bits per heavy atom. The number of hydrogen-bond donors (Lipinski definition) is 0. The van der Waals surface area contributed by atoms with Crippen molar-refractivity contribution in [2.24, 2.45) is 0 Å². The van der Waals surface area contributed by atoms with Crippen molar-refractivity contribution in [2.45, 2.75) is 380 Å². The maximum Gasteiger partial charge on any atom is 0.306 e. The molecule has 0 fully saturated rings. The first kappa shape index (κ1) is 78.8. The predicted octanol–water partition coefficient (Wildman–Crippen LogP) is 24.8. The van der Waals surface area contributed by atoms with E-state index in [1.54, 1.807) is 0 Å². The van der Waals surface area contributed by atoms with E-state index in [9.17, 15) is 14.4 Å². The van der Waals surface area contributed by atoms with Crippen molar-refractivity contribution in [2.75, 3.05) is 13.2 Å². The van der Waals surface area contributed by atoms with Gasteiger partial charge in [0.25, 0.3) is 0 Å². The number of unbranched alkanes of at least 4 members (excludes halogenated alkanes) is 43. The number of hydrogen-bond acceptors (Lipinski definition) is 6. The highest BCUT2D eigenvalue weighted by Gasteiger charge is 2.19. The van der Waals surface area contributed by atoms with Crippen LogP contribution in [0.5, 0.6) is 0 Å². The molecule has 0 aliphatic rings. The third-order valence-corrected chi connectivity index (χ3v) is 15.9. The van der Waals surface area contributed by atoms with E-state index in [4.69, 9.17) is 14.2 Å². The monoisotopic (exact) mass is 1150 g/mol. The van der Waals surface area contributed by atoms with Crippen LogP contribution in [0, 0.1) is 0 Å². The minimum atomic E-state index is -0.783. The molecule has 0 radical (unpaired) electrons. The second-order valence-electron chi connectivity index (χ2n) is 24.1. The Hall–Kier alpha value is -3.15. The molecular formula is C76H136O6. The molecule has 0 rings (SSSR count). The minimum absolute atomic E-state index is 0.0763. The van der Waals surface area contributed by atoms with E-state index in [-0.39, 0.29) is 31.1 Å². The third kappa shape index (κ3) is 67.6. The Kier molecular flexibility index (Phi) is 67.6. The van der Waals surface area contributed by atoms with E-state index >= 15 is 0 Å². The van der Waals surface area contributed by atoms with Crippen LogP contribution in [0.4, 0.5) is 0 Å². The second-order valence-corrected chi connectivity index (χ2v) is 24.1. The van der Waals surface area contributed by atoms with E-state index in [2.05, 4.69) is 93.7 Å². The molecule has 0 aliphatic heterocycles. The van der Waals surface area contributed by atoms with Gasteiger partial charge in [0.15, 0.2) is 6.10 Å². The molecule has 0 heterocycles. The first-order valence-electron chi connectivity index (χ1n) is 35.9. The van der Waals surface area contributed by atoms with E-state index in [1.165, 1.54) is 238 Å². The van der Waals surface area contributed by atoms with Crippen LogP contribution in [0.2, 0.25) is 0 Å². The quantitative estimate of drug-likeness (QED) is 0.0261. The van der Waals surface area contributed by atoms with Gasteiger partial charge in [-0.05, 0) is 89.9 Å². The Labute approximate surface area is 510 Å². The van der Waals surface area contributed by atoms with E-state index in [1.807, 2.05) is 0 Å². The van der Waals surface area contributed by atoms with Gasteiger partial charge in [-0.3, -0.25) is 14.4 Å². The highest BCUT2D eigenvalue weighted by Crippen LogP contribution is 2.18. The lowest BCUT2D eigenvalue weighted by Crippen LogP contribution is -2.30. The molecule has 0 aliphatic carbocycles. The van der Waals surface area contributed by atoms with Crippen LogP contribution >= 0.6 is 0 Å². The SMILES string of the molecule is CC/C=C\C/C=C\C/C=C\C/C=C\CCCCCCCCCCC(=O)OC(COC(=O)CCCCCCCCCCC/C=C\C/C=C\CCCCCCC)COC(=O)CCCCCCCCCCCCCCCCCCCCCCCC. The largest absolute Gasteiger partial charge is 0.462 e. The van der Waals surface area contributed by atoms with E-state index in [0.717, 1.165) is 96.3 Å². The van der Waals surface area contributed by atoms with Gasteiger partial charge in [0.2, 0.25) is 0 Å². The van der Waals surface area contributed by atoms with Gasteiger partial charge in [-0.2, -0.15) is 0 Å². The van der Waals surface area contributed by atoms with Crippen LogP contribution in [-0.2, 0) is 28.6 Å². The highest BCUT2D eigenvalue weighted by atomic mass is 16.6. The Balaban J connectivity index is 4.36. The predicted molar refractivity (Wildman–Crippen MR) is 358 cm³/mol. The fraction of sp³-hybridized carbons (Fsp3) is 0.803.